The van der Waals surface area contributed by atoms with Crippen LogP contribution in [0.25, 0.3) is 0 Å². The van der Waals surface area contributed by atoms with Gasteiger partial charge in [-0.05, 0) is 35.9 Å². The van der Waals surface area contributed by atoms with E-state index in [4.69, 9.17) is 18.9 Å². The van der Waals surface area contributed by atoms with Crippen molar-refractivity contribution >= 4 is 0 Å². The molecular weight excluding hydrogens is 322 g/mol. The molecule has 0 aliphatic heterocycles. The average molecular weight is 347 g/mol. The first-order valence-electron chi connectivity index (χ1n) is 7.94. The van der Waals surface area contributed by atoms with Gasteiger partial charge < -0.3 is 29.4 Å². The van der Waals surface area contributed by atoms with E-state index in [9.17, 15) is 5.11 Å². The van der Waals surface area contributed by atoms with Gasteiger partial charge in [0.2, 0.25) is 0 Å². The topological polar surface area (TPSA) is 69.2 Å². The summed E-state index contributed by atoms with van der Waals surface area (Å²) in [6.45, 7) is 0.960. The van der Waals surface area contributed by atoms with Crippen molar-refractivity contribution in [1.82, 2.24) is 5.32 Å². The number of aliphatic hydroxyl groups excluding tert-OH is 1. The fraction of sp³-hybridized carbons (Fsp3) is 0.368. The lowest BCUT2D eigenvalue weighted by molar-refractivity contribution is 0.169. The maximum atomic E-state index is 10.5. The maximum absolute atomic E-state index is 10.5. The minimum absolute atomic E-state index is 0.373. The molecule has 2 rings (SSSR count). The predicted octanol–water partition coefficient (Wildman–Crippen LogP) is 2.54. The van der Waals surface area contributed by atoms with Crippen molar-refractivity contribution in [3.05, 3.63) is 47.5 Å². The molecule has 1 unspecified atom stereocenters. The van der Waals surface area contributed by atoms with Gasteiger partial charge in [-0.15, -0.1) is 0 Å². The van der Waals surface area contributed by atoms with E-state index in [1.54, 1.807) is 46.6 Å². The Morgan fingerprint density at radius 3 is 2.16 bits per heavy atom. The first-order valence-corrected chi connectivity index (χ1v) is 7.94. The van der Waals surface area contributed by atoms with Crippen LogP contribution in [0.4, 0.5) is 0 Å². The minimum Gasteiger partial charge on any atom is -0.497 e. The molecule has 6 heteroatoms. The third kappa shape index (κ3) is 4.78. The average Bonchev–Trinajstić information content (AvgIpc) is 2.67. The summed E-state index contributed by atoms with van der Waals surface area (Å²) >= 11 is 0. The number of hydrogen-bond donors (Lipinski definition) is 2. The lowest BCUT2D eigenvalue weighted by Gasteiger charge is -2.17. The second kappa shape index (κ2) is 9.15. The summed E-state index contributed by atoms with van der Waals surface area (Å²) in [5.74, 6) is 2.67. The third-order valence-electron chi connectivity index (χ3n) is 3.91. The molecule has 2 aromatic rings. The normalized spacial score (nSPS) is 11.7. The largest absolute Gasteiger partial charge is 0.497 e. The van der Waals surface area contributed by atoms with Crippen molar-refractivity contribution in [1.29, 1.82) is 0 Å². The van der Waals surface area contributed by atoms with E-state index in [-0.39, 0.29) is 0 Å². The van der Waals surface area contributed by atoms with Gasteiger partial charge in [-0.3, -0.25) is 0 Å². The zero-order valence-corrected chi connectivity index (χ0v) is 15.0. The second-order valence-electron chi connectivity index (χ2n) is 5.44. The fourth-order valence-corrected chi connectivity index (χ4v) is 2.55. The molecule has 2 aromatic carbocycles. The number of hydrogen-bond acceptors (Lipinski definition) is 6. The van der Waals surface area contributed by atoms with E-state index in [1.165, 1.54) is 0 Å². The van der Waals surface area contributed by atoms with Gasteiger partial charge in [0.15, 0.2) is 11.5 Å². The molecule has 6 nitrogen and oxygen atoms in total. The van der Waals surface area contributed by atoms with Crippen LogP contribution in [0.3, 0.4) is 0 Å². The number of rotatable bonds is 9. The van der Waals surface area contributed by atoms with E-state index in [2.05, 4.69) is 5.32 Å². The summed E-state index contributed by atoms with van der Waals surface area (Å²) in [6.07, 6.45) is -0.717. The molecule has 0 aromatic heterocycles. The van der Waals surface area contributed by atoms with E-state index in [0.717, 1.165) is 5.56 Å². The van der Waals surface area contributed by atoms with Gasteiger partial charge >= 0.3 is 0 Å². The van der Waals surface area contributed by atoms with Crippen molar-refractivity contribution in [2.24, 2.45) is 0 Å². The quantitative estimate of drug-likeness (QED) is 0.727. The molecule has 0 bridgehead atoms. The molecule has 0 saturated heterocycles. The van der Waals surface area contributed by atoms with Gasteiger partial charge in [0.05, 0.1) is 34.5 Å². The smallest absolute Gasteiger partial charge is 0.161 e. The van der Waals surface area contributed by atoms with Crippen LogP contribution in [0.15, 0.2) is 36.4 Å². The highest BCUT2D eigenvalue weighted by Gasteiger charge is 2.14. The zero-order valence-electron chi connectivity index (χ0n) is 15.0. The van der Waals surface area contributed by atoms with Crippen molar-refractivity contribution in [3.63, 3.8) is 0 Å². The van der Waals surface area contributed by atoms with E-state index >= 15 is 0 Å². The Bertz CT molecular complexity index is 690. The Morgan fingerprint density at radius 2 is 1.52 bits per heavy atom. The second-order valence-corrected chi connectivity index (χ2v) is 5.44. The molecule has 0 aliphatic rings. The van der Waals surface area contributed by atoms with E-state index in [1.807, 2.05) is 18.2 Å². The van der Waals surface area contributed by atoms with Crippen LogP contribution in [0.5, 0.6) is 23.0 Å². The van der Waals surface area contributed by atoms with Crippen molar-refractivity contribution in [3.8, 4) is 23.0 Å². The summed E-state index contributed by atoms with van der Waals surface area (Å²) in [7, 11) is 6.38. The Morgan fingerprint density at radius 1 is 0.840 bits per heavy atom. The van der Waals surface area contributed by atoms with Crippen LogP contribution < -0.4 is 24.3 Å². The summed E-state index contributed by atoms with van der Waals surface area (Å²) < 4.78 is 21.1. The highest BCUT2D eigenvalue weighted by atomic mass is 16.5. The molecular formula is C19H25NO5. The summed E-state index contributed by atoms with van der Waals surface area (Å²) in [5, 5.41) is 13.7. The van der Waals surface area contributed by atoms with Gasteiger partial charge in [0, 0.05) is 18.7 Å². The standard InChI is InChI=1S/C19H25NO5/c1-22-14-6-8-17(23-2)15(10-14)16(21)12-20-11-13-5-7-18(24-3)19(9-13)25-4/h5-10,16,20-21H,11-12H2,1-4H3. The fourth-order valence-electron chi connectivity index (χ4n) is 2.55. The number of methoxy groups -OCH3 is 4. The molecule has 0 radical (unpaired) electrons. The Labute approximate surface area is 148 Å². The van der Waals surface area contributed by atoms with Crippen LogP contribution in [-0.2, 0) is 6.54 Å². The Hall–Kier alpha value is -2.44. The highest BCUT2D eigenvalue weighted by Crippen LogP contribution is 2.30. The summed E-state index contributed by atoms with van der Waals surface area (Å²) in [4.78, 5) is 0. The number of aliphatic hydroxyl groups is 1. The molecule has 0 spiro atoms. The molecule has 0 aliphatic carbocycles. The SMILES string of the molecule is COc1ccc(OC)c(C(O)CNCc2ccc(OC)c(OC)c2)c1. The Balaban J connectivity index is 2.00. The zero-order chi connectivity index (χ0) is 18.2. The summed E-state index contributed by atoms with van der Waals surface area (Å²) in [5.41, 5.74) is 1.71. The molecule has 0 saturated carbocycles. The first kappa shape index (κ1) is 18.9. The molecule has 0 amide bonds. The molecule has 25 heavy (non-hydrogen) atoms. The lowest BCUT2D eigenvalue weighted by Crippen LogP contribution is -2.21. The monoisotopic (exact) mass is 347 g/mol. The molecule has 136 valence electrons. The van der Waals surface area contributed by atoms with Crippen LogP contribution in [0.1, 0.15) is 17.2 Å². The van der Waals surface area contributed by atoms with Crippen LogP contribution in [-0.4, -0.2) is 40.1 Å². The van der Waals surface area contributed by atoms with Gasteiger partial charge in [-0.25, -0.2) is 0 Å². The Kier molecular flexibility index (Phi) is 6.91. The predicted molar refractivity (Wildman–Crippen MR) is 95.8 cm³/mol. The maximum Gasteiger partial charge on any atom is 0.161 e. The van der Waals surface area contributed by atoms with Crippen molar-refractivity contribution in [2.45, 2.75) is 12.6 Å². The first-order chi connectivity index (χ1) is 12.1. The van der Waals surface area contributed by atoms with Gasteiger partial charge in [0.1, 0.15) is 11.5 Å². The van der Waals surface area contributed by atoms with E-state index in [0.29, 0.717) is 41.7 Å². The molecule has 2 N–H and O–H groups in total. The van der Waals surface area contributed by atoms with Crippen LogP contribution >= 0.6 is 0 Å². The number of ether oxygens (including phenoxy) is 4. The molecule has 1 atom stereocenters. The van der Waals surface area contributed by atoms with Gasteiger partial charge in [-0.2, -0.15) is 0 Å². The highest BCUT2D eigenvalue weighted by molar-refractivity contribution is 5.43. The van der Waals surface area contributed by atoms with E-state index < -0.39 is 6.10 Å². The van der Waals surface area contributed by atoms with Gasteiger partial charge in [-0.1, -0.05) is 6.07 Å². The number of benzene rings is 2. The van der Waals surface area contributed by atoms with Crippen LogP contribution in [0, 0.1) is 0 Å². The van der Waals surface area contributed by atoms with Crippen molar-refractivity contribution < 1.29 is 24.1 Å². The minimum atomic E-state index is -0.717. The summed E-state index contributed by atoms with van der Waals surface area (Å²) in [6, 6.07) is 11.1. The third-order valence-corrected chi connectivity index (χ3v) is 3.91. The molecule has 0 fully saturated rings. The number of nitrogens with one attached hydrogen (secondary N) is 1. The van der Waals surface area contributed by atoms with Crippen LogP contribution in [0.2, 0.25) is 0 Å². The lowest BCUT2D eigenvalue weighted by atomic mass is 10.1. The van der Waals surface area contributed by atoms with Gasteiger partial charge in [0.25, 0.3) is 0 Å². The molecule has 0 heterocycles. The van der Waals surface area contributed by atoms with Crippen molar-refractivity contribution in [2.75, 3.05) is 35.0 Å².